The van der Waals surface area contributed by atoms with E-state index in [1.165, 1.54) is 16.0 Å². The number of ether oxygens (including phenoxy) is 1. The molecule has 0 unspecified atom stereocenters. The largest absolute Gasteiger partial charge is 0.494 e. The van der Waals surface area contributed by atoms with Crippen LogP contribution >= 0.6 is 11.3 Å². The van der Waals surface area contributed by atoms with E-state index < -0.39 is 0 Å². The number of rotatable bonds is 5. The first-order chi connectivity index (χ1) is 13.5. The number of nitrogens with zero attached hydrogens (tertiary/aromatic N) is 3. The molecule has 0 fully saturated rings. The summed E-state index contributed by atoms with van der Waals surface area (Å²) in [7, 11) is 1.58. The first-order valence-electron chi connectivity index (χ1n) is 8.83. The van der Waals surface area contributed by atoms with Crippen molar-refractivity contribution in [2.45, 2.75) is 13.3 Å². The van der Waals surface area contributed by atoms with E-state index in [4.69, 9.17) is 4.74 Å². The Kier molecular flexibility index (Phi) is 4.79. The smallest absolute Gasteiger partial charge is 0.274 e. The highest BCUT2D eigenvalue weighted by atomic mass is 32.1. The molecule has 0 aliphatic rings. The SMILES string of the molecule is CCOc1ccc2nc(NC(=O)Cc3nn(C)c(=O)c4ccccc34)sc2c1. The molecule has 28 heavy (non-hydrogen) atoms. The van der Waals surface area contributed by atoms with Crippen molar-refractivity contribution in [2.75, 3.05) is 11.9 Å². The average molecular weight is 394 g/mol. The van der Waals surface area contributed by atoms with Gasteiger partial charge in [0.15, 0.2) is 5.13 Å². The zero-order chi connectivity index (χ0) is 19.7. The van der Waals surface area contributed by atoms with Crippen molar-refractivity contribution in [1.29, 1.82) is 0 Å². The molecule has 0 aliphatic heterocycles. The quantitative estimate of drug-likeness (QED) is 0.562. The summed E-state index contributed by atoms with van der Waals surface area (Å²) in [5.74, 6) is 0.540. The predicted molar refractivity (Wildman–Crippen MR) is 110 cm³/mol. The van der Waals surface area contributed by atoms with Crippen molar-refractivity contribution in [3.05, 3.63) is 58.5 Å². The predicted octanol–water partition coefficient (Wildman–Crippen LogP) is 3.12. The fourth-order valence-electron chi connectivity index (χ4n) is 3.04. The minimum absolute atomic E-state index is 0.0504. The number of nitrogens with one attached hydrogen (secondary N) is 1. The number of aromatic nitrogens is 3. The molecular weight excluding hydrogens is 376 g/mol. The lowest BCUT2D eigenvalue weighted by molar-refractivity contribution is -0.115. The fourth-order valence-corrected chi connectivity index (χ4v) is 3.95. The molecule has 0 radical (unpaired) electrons. The van der Waals surface area contributed by atoms with Crippen LogP contribution in [0.3, 0.4) is 0 Å². The minimum Gasteiger partial charge on any atom is -0.494 e. The molecule has 4 aromatic rings. The Balaban J connectivity index is 1.58. The number of anilines is 1. The second-order valence-electron chi connectivity index (χ2n) is 6.23. The van der Waals surface area contributed by atoms with Gasteiger partial charge in [-0.25, -0.2) is 9.67 Å². The van der Waals surface area contributed by atoms with Crippen LogP contribution in [-0.4, -0.2) is 27.3 Å². The normalized spacial score (nSPS) is 11.1. The standard InChI is InChI=1S/C20H18N4O3S/c1-3-27-12-8-9-15-17(10-12)28-20(21-15)22-18(25)11-16-13-6-4-5-7-14(13)19(26)24(2)23-16/h4-10H,3,11H2,1-2H3,(H,21,22,25). The Hall–Kier alpha value is -3.26. The van der Waals surface area contributed by atoms with Gasteiger partial charge in [-0.3, -0.25) is 9.59 Å². The molecule has 0 atom stereocenters. The zero-order valence-corrected chi connectivity index (χ0v) is 16.2. The van der Waals surface area contributed by atoms with E-state index in [1.54, 1.807) is 25.2 Å². The lowest BCUT2D eigenvalue weighted by atomic mass is 10.1. The monoisotopic (exact) mass is 394 g/mol. The minimum atomic E-state index is -0.236. The molecule has 2 aromatic carbocycles. The Labute approximate surface area is 164 Å². The summed E-state index contributed by atoms with van der Waals surface area (Å²) < 4.78 is 7.70. The maximum absolute atomic E-state index is 12.6. The summed E-state index contributed by atoms with van der Waals surface area (Å²) in [6.45, 7) is 2.52. The van der Waals surface area contributed by atoms with Gasteiger partial charge in [0.1, 0.15) is 5.75 Å². The number of aryl methyl sites for hydroxylation is 1. The molecule has 0 aliphatic carbocycles. The Morgan fingerprint density at radius 1 is 1.21 bits per heavy atom. The lowest BCUT2D eigenvalue weighted by Crippen LogP contribution is -2.24. The maximum Gasteiger partial charge on any atom is 0.274 e. The zero-order valence-electron chi connectivity index (χ0n) is 15.4. The molecule has 2 aromatic heterocycles. The number of amides is 1. The van der Waals surface area contributed by atoms with Crippen LogP contribution < -0.4 is 15.6 Å². The number of benzene rings is 2. The number of thiazole rings is 1. The molecule has 1 amide bonds. The molecule has 0 spiro atoms. The van der Waals surface area contributed by atoms with Crippen molar-refractivity contribution in [3.8, 4) is 5.75 Å². The van der Waals surface area contributed by atoms with E-state index in [1.807, 2.05) is 31.2 Å². The molecule has 4 rings (SSSR count). The molecule has 0 saturated heterocycles. The average Bonchev–Trinajstić information content (AvgIpc) is 3.07. The van der Waals surface area contributed by atoms with Crippen molar-refractivity contribution >= 4 is 43.4 Å². The van der Waals surface area contributed by atoms with E-state index in [0.717, 1.165) is 16.0 Å². The number of carbonyl (C=O) groups excluding carboxylic acids is 1. The van der Waals surface area contributed by atoms with E-state index in [2.05, 4.69) is 15.4 Å². The van der Waals surface area contributed by atoms with Gasteiger partial charge in [0.05, 0.1) is 34.3 Å². The van der Waals surface area contributed by atoms with Gasteiger partial charge in [-0.1, -0.05) is 29.5 Å². The summed E-state index contributed by atoms with van der Waals surface area (Å²) in [6, 6.07) is 12.8. The number of carbonyl (C=O) groups is 1. The summed E-state index contributed by atoms with van der Waals surface area (Å²) in [5.41, 5.74) is 1.17. The summed E-state index contributed by atoms with van der Waals surface area (Å²) >= 11 is 1.39. The van der Waals surface area contributed by atoms with Crippen LogP contribution in [0.25, 0.3) is 21.0 Å². The summed E-state index contributed by atoms with van der Waals surface area (Å²) in [6.07, 6.45) is 0.0504. The molecule has 0 saturated carbocycles. The van der Waals surface area contributed by atoms with E-state index >= 15 is 0 Å². The molecule has 7 nitrogen and oxygen atoms in total. The number of fused-ring (bicyclic) bond motifs is 2. The van der Waals surface area contributed by atoms with Gasteiger partial charge >= 0.3 is 0 Å². The van der Waals surface area contributed by atoms with E-state index in [-0.39, 0.29) is 17.9 Å². The third kappa shape index (κ3) is 3.46. The van der Waals surface area contributed by atoms with Crippen LogP contribution in [0, 0.1) is 0 Å². The van der Waals surface area contributed by atoms with Crippen LogP contribution in [0.15, 0.2) is 47.3 Å². The molecule has 1 N–H and O–H groups in total. The Morgan fingerprint density at radius 2 is 2.00 bits per heavy atom. The maximum atomic E-state index is 12.6. The number of hydrogen-bond donors (Lipinski definition) is 1. The second kappa shape index (κ2) is 7.40. The molecule has 142 valence electrons. The van der Waals surface area contributed by atoms with Gasteiger partial charge in [-0.15, -0.1) is 0 Å². The highest BCUT2D eigenvalue weighted by molar-refractivity contribution is 7.22. The Bertz CT molecular complexity index is 1250. The summed E-state index contributed by atoms with van der Waals surface area (Å²) in [4.78, 5) is 29.2. The van der Waals surface area contributed by atoms with Crippen LogP contribution in [0.2, 0.25) is 0 Å². The van der Waals surface area contributed by atoms with Crippen LogP contribution in [-0.2, 0) is 18.3 Å². The molecule has 2 heterocycles. The highest BCUT2D eigenvalue weighted by Crippen LogP contribution is 2.29. The fraction of sp³-hybridized carbons (Fsp3) is 0.200. The number of hydrogen-bond acceptors (Lipinski definition) is 6. The van der Waals surface area contributed by atoms with E-state index in [9.17, 15) is 9.59 Å². The van der Waals surface area contributed by atoms with Crippen molar-refractivity contribution in [3.63, 3.8) is 0 Å². The lowest BCUT2D eigenvalue weighted by Gasteiger charge is -2.07. The van der Waals surface area contributed by atoms with Crippen molar-refractivity contribution < 1.29 is 9.53 Å². The van der Waals surface area contributed by atoms with Gasteiger partial charge in [0.2, 0.25) is 5.91 Å². The van der Waals surface area contributed by atoms with Crippen molar-refractivity contribution in [1.82, 2.24) is 14.8 Å². The third-order valence-electron chi connectivity index (χ3n) is 4.28. The van der Waals surface area contributed by atoms with Gasteiger partial charge < -0.3 is 10.1 Å². The molecule has 0 bridgehead atoms. The highest BCUT2D eigenvalue weighted by Gasteiger charge is 2.14. The first kappa shape index (κ1) is 18.1. The van der Waals surface area contributed by atoms with Crippen molar-refractivity contribution in [2.24, 2.45) is 7.05 Å². The van der Waals surface area contributed by atoms with Gasteiger partial charge in [-0.2, -0.15) is 5.10 Å². The second-order valence-corrected chi connectivity index (χ2v) is 7.26. The van der Waals surface area contributed by atoms with E-state index in [0.29, 0.717) is 28.2 Å². The van der Waals surface area contributed by atoms with Crippen LogP contribution in [0.1, 0.15) is 12.6 Å². The van der Waals surface area contributed by atoms with Gasteiger partial charge in [0, 0.05) is 12.4 Å². The third-order valence-corrected chi connectivity index (χ3v) is 5.21. The molecular formula is C20H18N4O3S. The van der Waals surface area contributed by atoms with Crippen LogP contribution in [0.4, 0.5) is 5.13 Å². The topological polar surface area (TPSA) is 86.1 Å². The summed E-state index contributed by atoms with van der Waals surface area (Å²) in [5, 5.41) is 8.85. The Morgan fingerprint density at radius 3 is 2.79 bits per heavy atom. The first-order valence-corrected chi connectivity index (χ1v) is 9.65. The van der Waals surface area contributed by atoms with Crippen LogP contribution in [0.5, 0.6) is 5.75 Å². The van der Waals surface area contributed by atoms with Gasteiger partial charge in [0.25, 0.3) is 5.56 Å². The molecule has 8 heteroatoms. The van der Waals surface area contributed by atoms with Gasteiger partial charge in [-0.05, 0) is 31.2 Å².